The van der Waals surface area contributed by atoms with Crippen LogP contribution >= 0.6 is 11.6 Å². The van der Waals surface area contributed by atoms with E-state index in [2.05, 4.69) is 10.3 Å². The summed E-state index contributed by atoms with van der Waals surface area (Å²) in [5.74, 6) is 0.136. The van der Waals surface area contributed by atoms with Gasteiger partial charge in [0.1, 0.15) is 4.90 Å². The van der Waals surface area contributed by atoms with Crippen LogP contribution in [0.2, 0.25) is 5.02 Å². The zero-order valence-corrected chi connectivity index (χ0v) is 17.1. The quantitative estimate of drug-likeness (QED) is 0.790. The van der Waals surface area contributed by atoms with E-state index in [-0.39, 0.29) is 28.6 Å². The lowest BCUT2D eigenvalue weighted by Gasteiger charge is -2.26. The number of hydrogen-bond donors (Lipinski definition) is 1. The van der Waals surface area contributed by atoms with Crippen molar-refractivity contribution in [3.8, 4) is 0 Å². The minimum absolute atomic E-state index is 0.0680. The zero-order chi connectivity index (χ0) is 20.3. The van der Waals surface area contributed by atoms with Gasteiger partial charge in [0, 0.05) is 38.9 Å². The average Bonchev–Trinajstić information content (AvgIpc) is 2.69. The van der Waals surface area contributed by atoms with E-state index in [1.807, 2.05) is 14.1 Å². The Labute approximate surface area is 169 Å². The Kier molecular flexibility index (Phi) is 6.19. The molecule has 28 heavy (non-hydrogen) atoms. The molecular formula is C18H21ClN4O4S. The number of halogens is 1. The number of amides is 1. The Bertz CT molecular complexity index is 975. The Hall–Kier alpha value is -2.20. The predicted octanol–water partition coefficient (Wildman–Crippen LogP) is 2.07. The molecule has 2 aromatic rings. The SMILES string of the molecule is CN(C)c1ncccc1NC(=O)c1ccc(Cl)c(S(=O)(=O)N2CCOCC2)c1. The number of sulfonamides is 1. The third-order valence-corrected chi connectivity index (χ3v) is 6.62. The standard InChI is InChI=1S/C18H21ClN4O4S/c1-22(2)17-15(4-3-7-20-17)21-18(24)13-5-6-14(19)16(12-13)28(25,26)23-8-10-27-11-9-23/h3-7,12H,8-11H2,1-2H3,(H,21,24). The van der Waals surface area contributed by atoms with Crippen LogP contribution in [0.1, 0.15) is 10.4 Å². The molecule has 0 unspecified atom stereocenters. The molecule has 1 N–H and O–H groups in total. The molecule has 2 heterocycles. The number of hydrogen-bond acceptors (Lipinski definition) is 6. The lowest BCUT2D eigenvalue weighted by Crippen LogP contribution is -2.40. The van der Waals surface area contributed by atoms with Gasteiger partial charge in [0.05, 0.1) is 23.9 Å². The highest BCUT2D eigenvalue weighted by Crippen LogP contribution is 2.27. The number of nitrogens with zero attached hydrogens (tertiary/aromatic N) is 3. The number of pyridine rings is 1. The first-order valence-electron chi connectivity index (χ1n) is 8.62. The van der Waals surface area contributed by atoms with Gasteiger partial charge >= 0.3 is 0 Å². The lowest BCUT2D eigenvalue weighted by atomic mass is 10.2. The van der Waals surface area contributed by atoms with Gasteiger partial charge in [0.2, 0.25) is 10.0 Å². The number of rotatable bonds is 5. The maximum absolute atomic E-state index is 12.9. The fourth-order valence-corrected chi connectivity index (χ4v) is 4.72. The summed E-state index contributed by atoms with van der Waals surface area (Å²) in [4.78, 5) is 18.6. The van der Waals surface area contributed by atoms with Crippen molar-refractivity contribution < 1.29 is 17.9 Å². The third kappa shape index (κ3) is 4.27. The average molecular weight is 425 g/mol. The van der Waals surface area contributed by atoms with E-state index in [4.69, 9.17) is 16.3 Å². The maximum atomic E-state index is 12.9. The zero-order valence-electron chi connectivity index (χ0n) is 15.6. The minimum Gasteiger partial charge on any atom is -0.379 e. The Morgan fingerprint density at radius 2 is 1.96 bits per heavy atom. The molecule has 1 aromatic carbocycles. The number of morpholine rings is 1. The van der Waals surface area contributed by atoms with Crippen LogP contribution in [-0.2, 0) is 14.8 Å². The fraction of sp³-hybridized carbons (Fsp3) is 0.333. The van der Waals surface area contributed by atoms with Crippen molar-refractivity contribution in [3.05, 3.63) is 47.1 Å². The second-order valence-electron chi connectivity index (χ2n) is 6.38. The molecule has 0 radical (unpaired) electrons. The summed E-state index contributed by atoms with van der Waals surface area (Å²) in [7, 11) is -0.197. The molecule has 10 heteroatoms. The molecule has 0 aliphatic carbocycles. The van der Waals surface area contributed by atoms with E-state index >= 15 is 0 Å². The van der Waals surface area contributed by atoms with Gasteiger partial charge in [-0.15, -0.1) is 0 Å². The van der Waals surface area contributed by atoms with Gasteiger partial charge in [0.15, 0.2) is 5.82 Å². The Morgan fingerprint density at radius 3 is 2.64 bits per heavy atom. The van der Waals surface area contributed by atoms with Crippen LogP contribution in [-0.4, -0.2) is 64.0 Å². The first-order valence-corrected chi connectivity index (χ1v) is 10.4. The van der Waals surface area contributed by atoms with Crippen molar-refractivity contribution in [3.63, 3.8) is 0 Å². The number of carbonyl (C=O) groups excluding carboxylic acids is 1. The van der Waals surface area contributed by atoms with Crippen LogP contribution in [0.15, 0.2) is 41.4 Å². The highest BCUT2D eigenvalue weighted by atomic mass is 35.5. The second kappa shape index (κ2) is 8.44. The van der Waals surface area contributed by atoms with E-state index in [9.17, 15) is 13.2 Å². The van der Waals surface area contributed by atoms with E-state index in [1.54, 1.807) is 23.2 Å². The second-order valence-corrected chi connectivity index (χ2v) is 8.70. The lowest BCUT2D eigenvalue weighted by molar-refractivity contribution is 0.0730. The van der Waals surface area contributed by atoms with Crippen LogP contribution in [0.25, 0.3) is 0 Å². The number of nitrogens with one attached hydrogen (secondary N) is 1. The Morgan fingerprint density at radius 1 is 1.25 bits per heavy atom. The largest absolute Gasteiger partial charge is 0.379 e. The predicted molar refractivity (Wildman–Crippen MR) is 108 cm³/mol. The fourth-order valence-electron chi connectivity index (χ4n) is 2.81. The molecule has 150 valence electrons. The third-order valence-electron chi connectivity index (χ3n) is 4.24. The van der Waals surface area contributed by atoms with Gasteiger partial charge in [-0.1, -0.05) is 11.6 Å². The monoisotopic (exact) mass is 424 g/mol. The number of aromatic nitrogens is 1. The van der Waals surface area contributed by atoms with Crippen molar-refractivity contribution >= 4 is 39.0 Å². The number of carbonyl (C=O) groups is 1. The molecule has 0 bridgehead atoms. The summed E-state index contributed by atoms with van der Waals surface area (Å²) in [6, 6.07) is 7.64. The van der Waals surface area contributed by atoms with Crippen molar-refractivity contribution in [2.45, 2.75) is 4.90 Å². The van der Waals surface area contributed by atoms with Gasteiger partial charge in [-0.05, 0) is 30.3 Å². The molecule has 1 aromatic heterocycles. The molecule has 1 saturated heterocycles. The Balaban J connectivity index is 1.90. The van der Waals surface area contributed by atoms with Crippen LogP contribution in [0, 0.1) is 0 Å². The summed E-state index contributed by atoms with van der Waals surface area (Å²) >= 11 is 6.15. The topological polar surface area (TPSA) is 91.8 Å². The smallest absolute Gasteiger partial charge is 0.255 e. The van der Waals surface area contributed by atoms with Crippen molar-refractivity contribution in [1.82, 2.24) is 9.29 Å². The van der Waals surface area contributed by atoms with Gasteiger partial charge < -0.3 is 15.0 Å². The summed E-state index contributed by atoms with van der Waals surface area (Å²) in [6.45, 7) is 1.14. The molecule has 3 rings (SSSR count). The van der Waals surface area contributed by atoms with E-state index < -0.39 is 15.9 Å². The molecular weight excluding hydrogens is 404 g/mol. The van der Waals surface area contributed by atoms with Gasteiger partial charge in [-0.25, -0.2) is 13.4 Å². The normalized spacial score (nSPS) is 15.2. The number of anilines is 2. The van der Waals surface area contributed by atoms with Gasteiger partial charge in [-0.2, -0.15) is 4.31 Å². The highest BCUT2D eigenvalue weighted by Gasteiger charge is 2.29. The van der Waals surface area contributed by atoms with E-state index in [0.29, 0.717) is 24.7 Å². The molecule has 0 spiro atoms. The summed E-state index contributed by atoms with van der Waals surface area (Å²) in [6.07, 6.45) is 1.63. The molecule has 0 saturated carbocycles. The van der Waals surface area contributed by atoms with E-state index in [0.717, 1.165) is 0 Å². The number of ether oxygens (including phenoxy) is 1. The molecule has 1 amide bonds. The van der Waals surface area contributed by atoms with Crippen LogP contribution in [0.4, 0.5) is 11.5 Å². The molecule has 0 atom stereocenters. The first-order chi connectivity index (χ1) is 13.3. The van der Waals surface area contributed by atoms with E-state index in [1.165, 1.54) is 22.5 Å². The van der Waals surface area contributed by atoms with Gasteiger partial charge in [0.25, 0.3) is 5.91 Å². The summed E-state index contributed by atoms with van der Waals surface area (Å²) < 4.78 is 32.4. The molecule has 1 aliphatic heterocycles. The maximum Gasteiger partial charge on any atom is 0.255 e. The molecule has 1 fully saturated rings. The van der Waals surface area contributed by atoms with Crippen molar-refractivity contribution in [2.24, 2.45) is 0 Å². The number of benzene rings is 1. The highest BCUT2D eigenvalue weighted by molar-refractivity contribution is 7.89. The van der Waals surface area contributed by atoms with Crippen LogP contribution in [0.5, 0.6) is 0 Å². The summed E-state index contributed by atoms with van der Waals surface area (Å²) in [5.41, 5.74) is 0.704. The van der Waals surface area contributed by atoms with Crippen LogP contribution < -0.4 is 10.2 Å². The van der Waals surface area contributed by atoms with Crippen molar-refractivity contribution in [2.75, 3.05) is 50.6 Å². The first kappa shape index (κ1) is 20.5. The molecule has 8 nitrogen and oxygen atoms in total. The van der Waals surface area contributed by atoms with Crippen LogP contribution in [0.3, 0.4) is 0 Å². The molecule has 1 aliphatic rings. The van der Waals surface area contributed by atoms with Gasteiger partial charge in [-0.3, -0.25) is 4.79 Å². The minimum atomic E-state index is -3.82. The van der Waals surface area contributed by atoms with Crippen molar-refractivity contribution in [1.29, 1.82) is 0 Å². The summed E-state index contributed by atoms with van der Waals surface area (Å²) in [5, 5.41) is 2.84.